The van der Waals surface area contributed by atoms with Gasteiger partial charge in [0.15, 0.2) is 0 Å². The molecule has 1 aromatic carbocycles. The number of pyridine rings is 2. The number of aromatic nitrogens is 2. The largest absolute Gasteiger partial charge is 0.397 e. The predicted octanol–water partition coefficient (Wildman–Crippen LogP) is 4.48. The van der Waals surface area contributed by atoms with E-state index in [0.717, 1.165) is 21.5 Å². The van der Waals surface area contributed by atoms with Crippen LogP contribution in [0.2, 0.25) is 0 Å². The molecule has 4 nitrogen and oxygen atoms in total. The van der Waals surface area contributed by atoms with Gasteiger partial charge in [0.05, 0.1) is 11.4 Å². The highest BCUT2D eigenvalue weighted by molar-refractivity contribution is 7.21. The summed E-state index contributed by atoms with van der Waals surface area (Å²) in [5, 5.41) is 0.806. The standard InChI is InChI=1S/C20H15N3OS/c1-12-5-7-13(8-6-12)15-10-9-14-17(21)19(25-20(14)23-15)18(24)16-4-2-3-11-22-16/h2-11H,21H2,1H3. The molecule has 3 heterocycles. The summed E-state index contributed by atoms with van der Waals surface area (Å²) in [7, 11) is 0. The van der Waals surface area contributed by atoms with Crippen LogP contribution in [0.1, 0.15) is 20.9 Å². The summed E-state index contributed by atoms with van der Waals surface area (Å²) >= 11 is 1.31. The third kappa shape index (κ3) is 2.79. The second kappa shape index (κ2) is 6.11. The fourth-order valence-electron chi connectivity index (χ4n) is 2.66. The topological polar surface area (TPSA) is 68.9 Å². The number of rotatable bonds is 3. The van der Waals surface area contributed by atoms with Crippen molar-refractivity contribution in [3.8, 4) is 11.3 Å². The van der Waals surface area contributed by atoms with Crippen LogP contribution in [-0.4, -0.2) is 15.8 Å². The Morgan fingerprint density at radius 2 is 1.84 bits per heavy atom. The van der Waals surface area contributed by atoms with Crippen molar-refractivity contribution in [1.82, 2.24) is 9.97 Å². The minimum Gasteiger partial charge on any atom is -0.397 e. The third-order valence-electron chi connectivity index (χ3n) is 4.04. The molecule has 122 valence electrons. The predicted molar refractivity (Wildman–Crippen MR) is 102 cm³/mol. The smallest absolute Gasteiger partial charge is 0.223 e. The summed E-state index contributed by atoms with van der Waals surface area (Å²) < 4.78 is 0. The first-order valence-electron chi connectivity index (χ1n) is 7.85. The van der Waals surface area contributed by atoms with Gasteiger partial charge in [0.2, 0.25) is 5.78 Å². The Bertz CT molecular complexity index is 1070. The van der Waals surface area contributed by atoms with Gasteiger partial charge in [-0.1, -0.05) is 35.9 Å². The highest BCUT2D eigenvalue weighted by Gasteiger charge is 2.19. The van der Waals surface area contributed by atoms with Crippen molar-refractivity contribution in [1.29, 1.82) is 0 Å². The van der Waals surface area contributed by atoms with E-state index >= 15 is 0 Å². The molecule has 5 heteroatoms. The second-order valence-corrected chi connectivity index (χ2v) is 6.80. The van der Waals surface area contributed by atoms with E-state index in [2.05, 4.69) is 24.0 Å². The molecular formula is C20H15N3OS. The van der Waals surface area contributed by atoms with E-state index in [9.17, 15) is 4.79 Å². The van der Waals surface area contributed by atoms with Gasteiger partial charge in [0.25, 0.3) is 0 Å². The average molecular weight is 345 g/mol. The molecule has 0 amide bonds. The first-order valence-corrected chi connectivity index (χ1v) is 8.67. The number of aryl methyl sites for hydroxylation is 1. The van der Waals surface area contributed by atoms with E-state index in [-0.39, 0.29) is 5.78 Å². The van der Waals surface area contributed by atoms with Crippen LogP contribution in [0.5, 0.6) is 0 Å². The Morgan fingerprint density at radius 1 is 1.04 bits per heavy atom. The van der Waals surface area contributed by atoms with Crippen molar-refractivity contribution in [3.05, 3.63) is 76.9 Å². The zero-order valence-electron chi connectivity index (χ0n) is 13.6. The van der Waals surface area contributed by atoms with Crippen LogP contribution in [0.4, 0.5) is 5.69 Å². The third-order valence-corrected chi connectivity index (χ3v) is 5.16. The van der Waals surface area contributed by atoms with E-state index in [1.54, 1.807) is 24.4 Å². The zero-order chi connectivity index (χ0) is 17.4. The Kier molecular flexibility index (Phi) is 3.78. The molecule has 0 unspecified atom stereocenters. The van der Waals surface area contributed by atoms with E-state index < -0.39 is 0 Å². The number of nitrogen functional groups attached to an aromatic ring is 1. The van der Waals surface area contributed by atoms with Crippen LogP contribution in [0.15, 0.2) is 60.8 Å². The molecule has 0 spiro atoms. The number of hydrogen-bond acceptors (Lipinski definition) is 5. The zero-order valence-corrected chi connectivity index (χ0v) is 14.4. The highest BCUT2D eigenvalue weighted by Crippen LogP contribution is 2.35. The molecule has 0 bridgehead atoms. The number of hydrogen-bond donors (Lipinski definition) is 1. The van der Waals surface area contributed by atoms with Crippen molar-refractivity contribution in [3.63, 3.8) is 0 Å². The van der Waals surface area contributed by atoms with Crippen LogP contribution in [0.3, 0.4) is 0 Å². The minimum atomic E-state index is -0.169. The fourth-order valence-corrected chi connectivity index (χ4v) is 3.71. The second-order valence-electron chi connectivity index (χ2n) is 5.80. The number of benzene rings is 1. The molecular weight excluding hydrogens is 330 g/mol. The number of carbonyl (C=O) groups excluding carboxylic acids is 1. The molecule has 0 fully saturated rings. The molecule has 0 saturated heterocycles. The molecule has 0 atom stereocenters. The maximum Gasteiger partial charge on any atom is 0.223 e. The van der Waals surface area contributed by atoms with Crippen LogP contribution in [0, 0.1) is 6.92 Å². The summed E-state index contributed by atoms with van der Waals surface area (Å²) in [6, 6.07) is 17.3. The molecule has 0 aliphatic carbocycles. The molecule has 0 aliphatic heterocycles. The summed E-state index contributed by atoms with van der Waals surface area (Å²) in [6.45, 7) is 2.05. The van der Waals surface area contributed by atoms with E-state index in [4.69, 9.17) is 10.7 Å². The quantitative estimate of drug-likeness (QED) is 0.556. The molecule has 4 aromatic rings. The van der Waals surface area contributed by atoms with Crippen LogP contribution < -0.4 is 5.73 Å². The van der Waals surface area contributed by atoms with Gasteiger partial charge in [-0.2, -0.15) is 0 Å². The summed E-state index contributed by atoms with van der Waals surface area (Å²) in [5.41, 5.74) is 10.2. The van der Waals surface area contributed by atoms with Crippen molar-refractivity contribution in [2.75, 3.05) is 5.73 Å². The summed E-state index contributed by atoms with van der Waals surface area (Å²) in [4.78, 5) is 22.7. The molecule has 2 N–H and O–H groups in total. The number of anilines is 1. The molecule has 3 aromatic heterocycles. The summed E-state index contributed by atoms with van der Waals surface area (Å²) in [6.07, 6.45) is 1.60. The van der Waals surface area contributed by atoms with Gasteiger partial charge < -0.3 is 5.73 Å². The highest BCUT2D eigenvalue weighted by atomic mass is 32.1. The maximum absolute atomic E-state index is 12.7. The Hall–Kier alpha value is -3.05. The monoisotopic (exact) mass is 345 g/mol. The molecule has 0 radical (unpaired) electrons. The number of ketones is 1. The van der Waals surface area contributed by atoms with Crippen LogP contribution in [0.25, 0.3) is 21.5 Å². The van der Waals surface area contributed by atoms with E-state index in [0.29, 0.717) is 16.3 Å². The Morgan fingerprint density at radius 3 is 2.56 bits per heavy atom. The lowest BCUT2D eigenvalue weighted by Crippen LogP contribution is -2.03. The lowest BCUT2D eigenvalue weighted by atomic mass is 10.1. The summed E-state index contributed by atoms with van der Waals surface area (Å²) in [5.74, 6) is -0.169. The van der Waals surface area contributed by atoms with Gasteiger partial charge in [0, 0.05) is 17.1 Å². The van der Waals surface area contributed by atoms with Gasteiger partial charge in [-0.15, -0.1) is 11.3 Å². The average Bonchev–Trinajstić information content (AvgIpc) is 2.98. The van der Waals surface area contributed by atoms with Crippen molar-refractivity contribution in [2.45, 2.75) is 6.92 Å². The Balaban J connectivity index is 1.79. The van der Waals surface area contributed by atoms with Gasteiger partial charge in [-0.3, -0.25) is 9.78 Å². The number of nitrogens with zero attached hydrogens (tertiary/aromatic N) is 2. The lowest BCUT2D eigenvalue weighted by Gasteiger charge is -2.01. The van der Waals surface area contributed by atoms with E-state index in [1.165, 1.54) is 16.9 Å². The number of thiophene rings is 1. The van der Waals surface area contributed by atoms with E-state index in [1.807, 2.05) is 24.3 Å². The maximum atomic E-state index is 12.7. The van der Waals surface area contributed by atoms with Crippen molar-refractivity contribution < 1.29 is 4.79 Å². The van der Waals surface area contributed by atoms with Crippen LogP contribution in [-0.2, 0) is 0 Å². The molecule has 0 saturated carbocycles. The van der Waals surface area contributed by atoms with Gasteiger partial charge in [0.1, 0.15) is 15.4 Å². The number of nitrogens with two attached hydrogens (primary N) is 1. The fraction of sp³-hybridized carbons (Fsp3) is 0.0500. The minimum absolute atomic E-state index is 0.169. The molecule has 0 aliphatic rings. The first-order chi connectivity index (χ1) is 12.1. The lowest BCUT2D eigenvalue weighted by molar-refractivity contribution is 0.103. The van der Waals surface area contributed by atoms with Gasteiger partial charge in [-0.25, -0.2) is 4.98 Å². The van der Waals surface area contributed by atoms with Gasteiger partial charge in [-0.05, 0) is 31.2 Å². The molecule has 4 rings (SSSR count). The number of fused-ring (bicyclic) bond motifs is 1. The molecule has 25 heavy (non-hydrogen) atoms. The normalized spacial score (nSPS) is 10.9. The van der Waals surface area contributed by atoms with Crippen LogP contribution >= 0.6 is 11.3 Å². The Labute approximate surface area is 149 Å². The van der Waals surface area contributed by atoms with Crippen molar-refractivity contribution in [2.24, 2.45) is 0 Å². The van der Waals surface area contributed by atoms with Gasteiger partial charge >= 0.3 is 0 Å². The number of carbonyl (C=O) groups is 1. The SMILES string of the molecule is Cc1ccc(-c2ccc3c(N)c(C(=O)c4ccccn4)sc3n2)cc1. The first kappa shape index (κ1) is 15.5. The van der Waals surface area contributed by atoms with Crippen molar-refractivity contribution >= 4 is 33.0 Å².